The van der Waals surface area contributed by atoms with Gasteiger partial charge in [0, 0.05) is 36.6 Å². The Morgan fingerprint density at radius 2 is 2.18 bits per heavy atom. The molecule has 0 saturated carbocycles. The van der Waals surface area contributed by atoms with E-state index in [1.54, 1.807) is 18.5 Å². The van der Waals surface area contributed by atoms with Crippen LogP contribution >= 0.6 is 0 Å². The van der Waals surface area contributed by atoms with Gasteiger partial charge in [-0.3, -0.25) is 9.78 Å². The summed E-state index contributed by atoms with van der Waals surface area (Å²) in [6, 6.07) is 9.29. The zero-order valence-corrected chi connectivity index (χ0v) is 16.7. The van der Waals surface area contributed by atoms with Crippen molar-refractivity contribution in [3.8, 4) is 11.5 Å². The first kappa shape index (κ1) is 20.1. The van der Waals surface area contributed by atoms with Crippen molar-refractivity contribution in [2.75, 3.05) is 33.3 Å². The maximum Gasteiger partial charge on any atom is 0.254 e. The van der Waals surface area contributed by atoms with E-state index in [4.69, 9.17) is 9.47 Å². The van der Waals surface area contributed by atoms with E-state index in [1.807, 2.05) is 43.1 Å². The Morgan fingerprint density at radius 3 is 2.93 bits per heavy atom. The van der Waals surface area contributed by atoms with Crippen molar-refractivity contribution in [3.05, 3.63) is 53.9 Å². The topological polar surface area (TPSA) is 63.7 Å². The van der Waals surface area contributed by atoms with Gasteiger partial charge in [-0.15, -0.1) is 0 Å². The van der Waals surface area contributed by atoms with E-state index < -0.39 is 0 Å². The molecule has 3 rings (SSSR count). The normalized spacial score (nSPS) is 16.6. The molecule has 150 valence electrons. The highest BCUT2D eigenvalue weighted by atomic mass is 16.5. The summed E-state index contributed by atoms with van der Waals surface area (Å²) < 4.78 is 11.6. The number of nitrogens with one attached hydrogen (secondary N) is 1. The van der Waals surface area contributed by atoms with Crippen LogP contribution in [-0.2, 0) is 6.61 Å². The van der Waals surface area contributed by atoms with Crippen molar-refractivity contribution in [1.29, 1.82) is 0 Å². The lowest BCUT2D eigenvalue weighted by molar-refractivity contribution is 0.0673. The van der Waals surface area contributed by atoms with Crippen LogP contribution in [0.1, 0.15) is 35.7 Å². The van der Waals surface area contributed by atoms with Gasteiger partial charge >= 0.3 is 0 Å². The van der Waals surface area contributed by atoms with Gasteiger partial charge in [-0.1, -0.05) is 6.07 Å². The van der Waals surface area contributed by atoms with Crippen molar-refractivity contribution in [3.63, 3.8) is 0 Å². The van der Waals surface area contributed by atoms with Crippen molar-refractivity contribution in [1.82, 2.24) is 15.2 Å². The van der Waals surface area contributed by atoms with Gasteiger partial charge < -0.3 is 19.7 Å². The molecule has 1 atom stereocenters. The summed E-state index contributed by atoms with van der Waals surface area (Å²) in [5.74, 6) is 1.80. The molecule has 0 radical (unpaired) electrons. The number of amides is 1. The fourth-order valence-electron chi connectivity index (χ4n) is 3.56. The van der Waals surface area contributed by atoms with Crippen LogP contribution < -0.4 is 14.8 Å². The molecular weight excluding hydrogens is 354 g/mol. The van der Waals surface area contributed by atoms with Crippen molar-refractivity contribution in [2.45, 2.75) is 26.4 Å². The molecule has 1 saturated heterocycles. The molecule has 28 heavy (non-hydrogen) atoms. The second kappa shape index (κ2) is 10.1. The third-order valence-electron chi connectivity index (χ3n) is 4.91. The van der Waals surface area contributed by atoms with Gasteiger partial charge in [0.05, 0.1) is 6.61 Å². The number of carbonyl (C=O) groups is 1. The number of piperidine rings is 1. The van der Waals surface area contributed by atoms with Gasteiger partial charge in [0.15, 0.2) is 11.5 Å². The molecule has 0 spiro atoms. The smallest absolute Gasteiger partial charge is 0.254 e. The van der Waals surface area contributed by atoms with E-state index in [0.29, 0.717) is 36.2 Å². The van der Waals surface area contributed by atoms with Crippen molar-refractivity contribution in [2.24, 2.45) is 5.92 Å². The molecule has 1 aromatic carbocycles. The SMILES string of the molecule is CCOc1cc(C(=O)N2CCCC(CNC)C2)ccc1OCc1cccnc1. The highest BCUT2D eigenvalue weighted by Gasteiger charge is 2.24. The van der Waals surface area contributed by atoms with Crippen LogP contribution in [0.4, 0.5) is 0 Å². The fourth-order valence-corrected chi connectivity index (χ4v) is 3.56. The van der Waals surface area contributed by atoms with E-state index in [0.717, 1.165) is 38.0 Å². The van der Waals surface area contributed by atoms with Crippen LogP contribution in [0.3, 0.4) is 0 Å². The van der Waals surface area contributed by atoms with Gasteiger partial charge in [-0.25, -0.2) is 0 Å². The van der Waals surface area contributed by atoms with Gasteiger partial charge in [-0.05, 0) is 63.5 Å². The first-order valence-electron chi connectivity index (χ1n) is 9.93. The Balaban J connectivity index is 1.71. The molecule has 1 unspecified atom stereocenters. The minimum atomic E-state index is 0.0561. The van der Waals surface area contributed by atoms with E-state index in [9.17, 15) is 4.79 Å². The number of aromatic nitrogens is 1. The average Bonchev–Trinajstić information content (AvgIpc) is 2.74. The first-order valence-corrected chi connectivity index (χ1v) is 9.93. The van der Waals surface area contributed by atoms with Crippen LogP contribution in [0.15, 0.2) is 42.7 Å². The Labute approximate surface area is 166 Å². The van der Waals surface area contributed by atoms with E-state index in [-0.39, 0.29) is 5.91 Å². The zero-order chi connectivity index (χ0) is 19.8. The molecular formula is C22H29N3O3. The van der Waals surface area contributed by atoms with Crippen LogP contribution in [0.5, 0.6) is 11.5 Å². The van der Waals surface area contributed by atoms with E-state index in [1.165, 1.54) is 0 Å². The highest BCUT2D eigenvalue weighted by Crippen LogP contribution is 2.30. The second-order valence-corrected chi connectivity index (χ2v) is 7.06. The molecule has 0 bridgehead atoms. The zero-order valence-electron chi connectivity index (χ0n) is 16.7. The molecule has 1 N–H and O–H groups in total. The predicted molar refractivity (Wildman–Crippen MR) is 109 cm³/mol. The third kappa shape index (κ3) is 5.23. The molecule has 1 aliphatic heterocycles. The number of carbonyl (C=O) groups excluding carboxylic acids is 1. The molecule has 1 aromatic heterocycles. The van der Waals surface area contributed by atoms with Gasteiger partial charge in [0.25, 0.3) is 5.91 Å². The number of ether oxygens (including phenoxy) is 2. The third-order valence-corrected chi connectivity index (χ3v) is 4.91. The summed E-state index contributed by atoms with van der Waals surface area (Å²) in [6.07, 6.45) is 5.71. The standard InChI is InChI=1S/C22H29N3O3/c1-3-27-21-12-19(22(26)25-11-5-7-17(15-25)13-23-2)8-9-20(21)28-16-18-6-4-10-24-14-18/h4,6,8-10,12,14,17,23H,3,5,7,11,13,15-16H2,1-2H3. The van der Waals surface area contributed by atoms with Gasteiger partial charge in [-0.2, -0.15) is 0 Å². The minimum Gasteiger partial charge on any atom is -0.490 e. The summed E-state index contributed by atoms with van der Waals surface area (Å²) in [6.45, 7) is 5.38. The molecule has 1 aliphatic rings. The molecule has 2 aromatic rings. The lowest BCUT2D eigenvalue weighted by Crippen LogP contribution is -2.42. The number of benzene rings is 1. The summed E-state index contributed by atoms with van der Waals surface area (Å²) >= 11 is 0. The van der Waals surface area contributed by atoms with Gasteiger partial charge in [0.1, 0.15) is 6.61 Å². The quantitative estimate of drug-likeness (QED) is 0.759. The second-order valence-electron chi connectivity index (χ2n) is 7.06. The molecule has 6 nitrogen and oxygen atoms in total. The van der Waals surface area contributed by atoms with Crippen LogP contribution in [0.2, 0.25) is 0 Å². The fraction of sp³-hybridized carbons (Fsp3) is 0.455. The number of hydrogen-bond donors (Lipinski definition) is 1. The Hall–Kier alpha value is -2.60. The van der Waals surface area contributed by atoms with Crippen LogP contribution in [0, 0.1) is 5.92 Å². The average molecular weight is 383 g/mol. The summed E-state index contributed by atoms with van der Waals surface area (Å²) in [5, 5.41) is 3.22. The Kier molecular flexibility index (Phi) is 7.25. The highest BCUT2D eigenvalue weighted by molar-refractivity contribution is 5.95. The Bertz CT molecular complexity index is 765. The Morgan fingerprint density at radius 1 is 1.29 bits per heavy atom. The lowest BCUT2D eigenvalue weighted by Gasteiger charge is -2.33. The largest absolute Gasteiger partial charge is 0.490 e. The van der Waals surface area contributed by atoms with Crippen LogP contribution in [0.25, 0.3) is 0 Å². The summed E-state index contributed by atoms with van der Waals surface area (Å²) in [5.41, 5.74) is 1.62. The number of rotatable bonds is 8. The molecule has 0 aliphatic carbocycles. The van der Waals surface area contributed by atoms with Gasteiger partial charge in [0.2, 0.25) is 0 Å². The van der Waals surface area contributed by atoms with E-state index >= 15 is 0 Å². The van der Waals surface area contributed by atoms with E-state index in [2.05, 4.69) is 10.3 Å². The number of hydrogen-bond acceptors (Lipinski definition) is 5. The molecule has 2 heterocycles. The minimum absolute atomic E-state index is 0.0561. The predicted octanol–water partition coefficient (Wildman–Crippen LogP) is 3.13. The number of likely N-dealkylation sites (tertiary alicyclic amines) is 1. The summed E-state index contributed by atoms with van der Waals surface area (Å²) in [7, 11) is 1.96. The molecule has 1 amide bonds. The van der Waals surface area contributed by atoms with Crippen molar-refractivity contribution >= 4 is 5.91 Å². The van der Waals surface area contributed by atoms with Crippen molar-refractivity contribution < 1.29 is 14.3 Å². The summed E-state index contributed by atoms with van der Waals surface area (Å²) in [4.78, 5) is 19.0. The first-order chi connectivity index (χ1) is 13.7. The lowest BCUT2D eigenvalue weighted by atomic mass is 9.97. The number of nitrogens with zero attached hydrogens (tertiary/aromatic N) is 2. The molecule has 1 fully saturated rings. The maximum absolute atomic E-state index is 13.0. The molecule has 6 heteroatoms. The maximum atomic E-state index is 13.0. The van der Waals surface area contributed by atoms with Crippen LogP contribution in [-0.4, -0.2) is 49.1 Å². The number of pyridine rings is 1. The monoisotopic (exact) mass is 383 g/mol.